The Morgan fingerprint density at radius 1 is 1.33 bits per heavy atom. The summed E-state index contributed by atoms with van der Waals surface area (Å²) in [7, 11) is 0. The van der Waals surface area contributed by atoms with Crippen molar-refractivity contribution in [3.63, 3.8) is 0 Å². The van der Waals surface area contributed by atoms with Crippen LogP contribution in [-0.2, 0) is 10.3 Å². The first-order valence-corrected chi connectivity index (χ1v) is 5.13. The van der Waals surface area contributed by atoms with Crippen molar-refractivity contribution < 1.29 is 14.6 Å². The molecule has 2 rings (SSSR count). The van der Waals surface area contributed by atoms with Crippen LogP contribution in [-0.4, -0.2) is 24.4 Å². The molecule has 1 aromatic rings. The molecule has 1 aliphatic heterocycles. The molecule has 1 saturated heterocycles. The van der Waals surface area contributed by atoms with Crippen molar-refractivity contribution in [2.75, 3.05) is 13.2 Å². The Labute approximate surface area is 89.6 Å². The van der Waals surface area contributed by atoms with Gasteiger partial charge in [-0.05, 0) is 19.9 Å². The van der Waals surface area contributed by atoms with E-state index in [1.165, 1.54) is 0 Å². The molecular weight excluding hydrogens is 192 g/mol. The second-order valence-corrected chi connectivity index (χ2v) is 4.33. The molecule has 0 aliphatic carbocycles. The summed E-state index contributed by atoms with van der Waals surface area (Å²) < 4.78 is 10.8. The molecule has 0 atom stereocenters. The van der Waals surface area contributed by atoms with E-state index in [1.54, 1.807) is 13.8 Å². The molecule has 1 aliphatic rings. The molecule has 0 amide bonds. The van der Waals surface area contributed by atoms with Crippen molar-refractivity contribution in [1.29, 1.82) is 0 Å². The van der Waals surface area contributed by atoms with Gasteiger partial charge in [-0.25, -0.2) is 0 Å². The Morgan fingerprint density at radius 2 is 2.00 bits per heavy atom. The predicted octanol–water partition coefficient (Wildman–Crippen LogP) is 1.69. The van der Waals surface area contributed by atoms with Crippen LogP contribution in [0.25, 0.3) is 0 Å². The zero-order valence-corrected chi connectivity index (χ0v) is 9.06. The van der Waals surface area contributed by atoms with Crippen molar-refractivity contribution in [2.45, 2.75) is 25.6 Å². The minimum Gasteiger partial charge on any atom is -0.485 e. The lowest BCUT2D eigenvalue weighted by molar-refractivity contribution is -0.0812. The van der Waals surface area contributed by atoms with Gasteiger partial charge < -0.3 is 14.6 Å². The van der Waals surface area contributed by atoms with E-state index in [1.807, 2.05) is 24.3 Å². The fourth-order valence-electron chi connectivity index (χ4n) is 1.54. The van der Waals surface area contributed by atoms with E-state index in [-0.39, 0.29) is 6.10 Å². The van der Waals surface area contributed by atoms with Crippen molar-refractivity contribution in [1.82, 2.24) is 0 Å². The quantitative estimate of drug-likeness (QED) is 0.821. The fourth-order valence-corrected chi connectivity index (χ4v) is 1.54. The van der Waals surface area contributed by atoms with E-state index >= 15 is 0 Å². The number of ether oxygens (including phenoxy) is 2. The van der Waals surface area contributed by atoms with Gasteiger partial charge in [0.1, 0.15) is 11.9 Å². The van der Waals surface area contributed by atoms with Gasteiger partial charge in [-0.1, -0.05) is 18.2 Å². The highest BCUT2D eigenvalue weighted by molar-refractivity contribution is 5.37. The van der Waals surface area contributed by atoms with Crippen LogP contribution in [0.5, 0.6) is 5.75 Å². The lowest BCUT2D eigenvalue weighted by Gasteiger charge is -2.29. The standard InChI is InChI=1S/C12H16O3/c1-12(2,13)10-5-3-4-6-11(10)15-9-7-14-8-9/h3-6,9,13H,7-8H2,1-2H3. The van der Waals surface area contributed by atoms with Gasteiger partial charge in [-0.2, -0.15) is 0 Å². The normalized spacial score (nSPS) is 17.3. The summed E-state index contributed by atoms with van der Waals surface area (Å²) in [6.07, 6.45) is 0.133. The van der Waals surface area contributed by atoms with Gasteiger partial charge in [0, 0.05) is 5.56 Å². The Hall–Kier alpha value is -1.06. The molecule has 82 valence electrons. The zero-order chi connectivity index (χ0) is 10.9. The smallest absolute Gasteiger partial charge is 0.145 e. The zero-order valence-electron chi connectivity index (χ0n) is 9.06. The molecule has 0 bridgehead atoms. The van der Waals surface area contributed by atoms with Crippen LogP contribution in [0.2, 0.25) is 0 Å². The monoisotopic (exact) mass is 208 g/mol. The van der Waals surface area contributed by atoms with Gasteiger partial charge in [0.25, 0.3) is 0 Å². The maximum absolute atomic E-state index is 9.96. The molecule has 1 heterocycles. The summed E-state index contributed by atoms with van der Waals surface area (Å²) >= 11 is 0. The molecule has 0 unspecified atom stereocenters. The summed E-state index contributed by atoms with van der Waals surface area (Å²) in [5.41, 5.74) is -0.0572. The number of benzene rings is 1. The second-order valence-electron chi connectivity index (χ2n) is 4.33. The van der Waals surface area contributed by atoms with Crippen molar-refractivity contribution in [2.24, 2.45) is 0 Å². The van der Waals surface area contributed by atoms with Crippen molar-refractivity contribution in [3.8, 4) is 5.75 Å². The molecule has 1 aromatic carbocycles. The summed E-state index contributed by atoms with van der Waals surface area (Å²) in [6.45, 7) is 4.79. The Bertz CT molecular complexity index is 337. The molecule has 0 spiro atoms. The highest BCUT2D eigenvalue weighted by Crippen LogP contribution is 2.30. The first kappa shape index (κ1) is 10.5. The molecule has 1 fully saturated rings. The lowest BCUT2D eigenvalue weighted by Crippen LogP contribution is -2.39. The van der Waals surface area contributed by atoms with Gasteiger partial charge in [0.15, 0.2) is 0 Å². The van der Waals surface area contributed by atoms with Crippen LogP contribution in [0.15, 0.2) is 24.3 Å². The number of aliphatic hydroxyl groups is 1. The van der Waals surface area contributed by atoms with Gasteiger partial charge >= 0.3 is 0 Å². The minimum absolute atomic E-state index is 0.133. The number of hydrogen-bond acceptors (Lipinski definition) is 3. The van der Waals surface area contributed by atoms with Gasteiger partial charge in [0.05, 0.1) is 18.8 Å². The molecule has 3 heteroatoms. The van der Waals surface area contributed by atoms with Crippen LogP contribution in [0.4, 0.5) is 0 Å². The Kier molecular flexibility index (Phi) is 2.67. The lowest BCUT2D eigenvalue weighted by atomic mass is 9.97. The third kappa shape index (κ3) is 2.30. The molecule has 3 nitrogen and oxygen atoms in total. The van der Waals surface area contributed by atoms with Crippen LogP contribution in [0.1, 0.15) is 19.4 Å². The van der Waals surface area contributed by atoms with Crippen LogP contribution in [0.3, 0.4) is 0 Å². The number of hydrogen-bond donors (Lipinski definition) is 1. The third-order valence-electron chi connectivity index (χ3n) is 2.45. The average Bonchev–Trinajstić information content (AvgIpc) is 2.10. The van der Waals surface area contributed by atoms with Gasteiger partial charge in [-0.15, -0.1) is 0 Å². The maximum Gasteiger partial charge on any atom is 0.145 e. The van der Waals surface area contributed by atoms with Gasteiger partial charge in [-0.3, -0.25) is 0 Å². The van der Waals surface area contributed by atoms with Gasteiger partial charge in [0.2, 0.25) is 0 Å². The molecule has 0 radical (unpaired) electrons. The van der Waals surface area contributed by atoms with Crippen LogP contribution < -0.4 is 4.74 Å². The third-order valence-corrected chi connectivity index (χ3v) is 2.45. The molecule has 1 N–H and O–H groups in total. The fraction of sp³-hybridized carbons (Fsp3) is 0.500. The van der Waals surface area contributed by atoms with E-state index < -0.39 is 5.60 Å². The second kappa shape index (κ2) is 3.83. The summed E-state index contributed by atoms with van der Waals surface area (Å²) in [5, 5.41) is 9.96. The molecule has 0 aromatic heterocycles. The van der Waals surface area contributed by atoms with Crippen LogP contribution >= 0.6 is 0 Å². The van der Waals surface area contributed by atoms with Crippen molar-refractivity contribution in [3.05, 3.63) is 29.8 Å². The summed E-state index contributed by atoms with van der Waals surface area (Å²) in [4.78, 5) is 0. The molecule has 0 saturated carbocycles. The van der Waals surface area contributed by atoms with E-state index in [2.05, 4.69) is 0 Å². The predicted molar refractivity (Wildman–Crippen MR) is 56.9 cm³/mol. The SMILES string of the molecule is CC(C)(O)c1ccccc1OC1COC1. The first-order valence-electron chi connectivity index (χ1n) is 5.13. The van der Waals surface area contributed by atoms with E-state index in [0.717, 1.165) is 11.3 Å². The van der Waals surface area contributed by atoms with Crippen molar-refractivity contribution >= 4 is 0 Å². The van der Waals surface area contributed by atoms with Crippen LogP contribution in [0, 0.1) is 0 Å². The maximum atomic E-state index is 9.96. The number of para-hydroxylation sites is 1. The molecule has 15 heavy (non-hydrogen) atoms. The Morgan fingerprint density at radius 3 is 2.53 bits per heavy atom. The minimum atomic E-state index is -0.874. The highest BCUT2D eigenvalue weighted by atomic mass is 16.6. The highest BCUT2D eigenvalue weighted by Gasteiger charge is 2.25. The Balaban J connectivity index is 2.21. The van der Waals surface area contributed by atoms with E-state index in [9.17, 15) is 5.11 Å². The number of rotatable bonds is 3. The largest absolute Gasteiger partial charge is 0.485 e. The van der Waals surface area contributed by atoms with E-state index in [0.29, 0.717) is 13.2 Å². The summed E-state index contributed by atoms with van der Waals surface area (Å²) in [6, 6.07) is 7.57. The van der Waals surface area contributed by atoms with E-state index in [4.69, 9.17) is 9.47 Å². The average molecular weight is 208 g/mol. The summed E-state index contributed by atoms with van der Waals surface area (Å²) in [5.74, 6) is 0.748. The molecular formula is C12H16O3. The topological polar surface area (TPSA) is 38.7 Å². The first-order chi connectivity index (χ1) is 7.07.